The van der Waals surface area contributed by atoms with Crippen molar-refractivity contribution < 1.29 is 33.0 Å². The van der Waals surface area contributed by atoms with Gasteiger partial charge in [0.1, 0.15) is 5.60 Å². The van der Waals surface area contributed by atoms with Crippen molar-refractivity contribution in [3.05, 3.63) is 12.2 Å². The number of rotatable bonds is 14. The van der Waals surface area contributed by atoms with Crippen LogP contribution in [0.25, 0.3) is 0 Å². The summed E-state index contributed by atoms with van der Waals surface area (Å²) >= 11 is 0. The SMILES string of the molecule is COC(=O)C#CCN(C[C@@]1(CCCO[Si](C(C)C)(C(C)C)C(C)C)C=CCN(C(=O)OC(C)(C)C)C1)C(=O)OCC[Si](C)(C)C. The van der Waals surface area contributed by atoms with E-state index in [-0.39, 0.29) is 13.1 Å². The summed E-state index contributed by atoms with van der Waals surface area (Å²) in [4.78, 5) is 41.6. The molecular formula is C34H62N2O7Si2. The quantitative estimate of drug-likeness (QED) is 0.0357. The van der Waals surface area contributed by atoms with E-state index in [2.05, 4.69) is 83.8 Å². The molecule has 0 aromatic carbocycles. The Morgan fingerprint density at radius 1 is 1.00 bits per heavy atom. The minimum absolute atomic E-state index is 0.0104. The van der Waals surface area contributed by atoms with Gasteiger partial charge in [0.05, 0.1) is 20.3 Å². The zero-order chi connectivity index (χ0) is 34.6. The average Bonchev–Trinajstić information content (AvgIpc) is 2.90. The first-order valence-corrected chi connectivity index (χ1v) is 22.3. The van der Waals surface area contributed by atoms with Gasteiger partial charge in [0.2, 0.25) is 0 Å². The fourth-order valence-electron chi connectivity index (χ4n) is 6.27. The van der Waals surface area contributed by atoms with Gasteiger partial charge < -0.3 is 23.5 Å². The summed E-state index contributed by atoms with van der Waals surface area (Å²) in [5, 5.41) is 0. The molecule has 1 heterocycles. The van der Waals surface area contributed by atoms with Crippen LogP contribution in [0.3, 0.4) is 0 Å². The molecule has 0 aliphatic carbocycles. The lowest BCUT2D eigenvalue weighted by atomic mass is 9.80. The Bertz CT molecular complexity index is 1050. The van der Waals surface area contributed by atoms with Crippen molar-refractivity contribution in [1.82, 2.24) is 9.80 Å². The predicted molar refractivity (Wildman–Crippen MR) is 186 cm³/mol. The molecule has 0 aromatic heterocycles. The lowest BCUT2D eigenvalue weighted by molar-refractivity contribution is -0.133. The monoisotopic (exact) mass is 666 g/mol. The fourth-order valence-corrected chi connectivity index (χ4v) is 12.5. The molecule has 1 aliphatic heterocycles. The predicted octanol–water partition coefficient (Wildman–Crippen LogP) is 7.71. The molecule has 0 bridgehead atoms. The van der Waals surface area contributed by atoms with E-state index < -0.39 is 45.6 Å². The Morgan fingerprint density at radius 2 is 1.60 bits per heavy atom. The number of esters is 1. The Morgan fingerprint density at radius 3 is 2.11 bits per heavy atom. The highest BCUT2D eigenvalue weighted by Crippen LogP contribution is 2.42. The van der Waals surface area contributed by atoms with E-state index in [1.807, 2.05) is 26.8 Å². The Labute approximate surface area is 275 Å². The summed E-state index contributed by atoms with van der Waals surface area (Å²) in [6.07, 6.45) is 4.62. The van der Waals surface area contributed by atoms with Crippen LogP contribution in [0.5, 0.6) is 0 Å². The fraction of sp³-hybridized carbons (Fsp3) is 0.794. The maximum absolute atomic E-state index is 13.5. The molecule has 1 rings (SSSR count). The number of amides is 2. The van der Waals surface area contributed by atoms with Gasteiger partial charge in [0.25, 0.3) is 0 Å². The third kappa shape index (κ3) is 13.5. The summed E-state index contributed by atoms with van der Waals surface area (Å²) in [5.74, 6) is 4.54. The van der Waals surface area contributed by atoms with Crippen LogP contribution in [0.2, 0.25) is 42.3 Å². The van der Waals surface area contributed by atoms with Crippen LogP contribution in [0.15, 0.2) is 12.2 Å². The highest BCUT2D eigenvalue weighted by atomic mass is 28.4. The maximum atomic E-state index is 13.5. The maximum Gasteiger partial charge on any atom is 0.410 e. The van der Waals surface area contributed by atoms with Crippen LogP contribution in [-0.4, -0.2) is 96.5 Å². The number of carbonyl (C=O) groups excluding carboxylic acids is 3. The van der Waals surface area contributed by atoms with Gasteiger partial charge in [-0.15, -0.1) is 0 Å². The number of carbonyl (C=O) groups is 3. The van der Waals surface area contributed by atoms with Gasteiger partial charge in [-0.1, -0.05) is 79.3 Å². The molecule has 0 fully saturated rings. The lowest BCUT2D eigenvalue weighted by Crippen LogP contribution is -2.51. The molecule has 1 atom stereocenters. The smallest absolute Gasteiger partial charge is 0.410 e. The van der Waals surface area contributed by atoms with Crippen molar-refractivity contribution in [2.24, 2.45) is 5.41 Å². The Kier molecular flexibility index (Phi) is 15.9. The molecule has 0 radical (unpaired) electrons. The minimum Gasteiger partial charge on any atom is -0.459 e. The first-order valence-electron chi connectivity index (χ1n) is 16.5. The highest BCUT2D eigenvalue weighted by molar-refractivity contribution is 6.77. The van der Waals surface area contributed by atoms with Crippen molar-refractivity contribution in [2.45, 2.75) is 123 Å². The van der Waals surface area contributed by atoms with E-state index >= 15 is 0 Å². The summed E-state index contributed by atoms with van der Waals surface area (Å²) < 4.78 is 23.0. The molecular weight excluding hydrogens is 605 g/mol. The molecule has 0 N–H and O–H groups in total. The molecule has 9 nitrogen and oxygen atoms in total. The molecule has 258 valence electrons. The van der Waals surface area contributed by atoms with Gasteiger partial charge in [-0.05, 0) is 56.3 Å². The number of methoxy groups -OCH3 is 1. The number of hydrogen-bond acceptors (Lipinski definition) is 7. The van der Waals surface area contributed by atoms with Crippen LogP contribution in [0.1, 0.15) is 75.2 Å². The standard InChI is InChI=1S/C34H62N2O7Si2/c1-27(2)45(28(3)4,29(5)6)42-22-16-19-34(18-15-21-36(26-34)32(39)43-33(7,8)9)25-35(20-14-17-30(37)40-10)31(38)41-23-24-44(11,12)13/h15,18,27-29H,16,19-26H2,1-13H3/t34-/m0/s1. The van der Waals surface area contributed by atoms with Gasteiger partial charge in [0.15, 0.2) is 8.32 Å². The Hall–Kier alpha value is -2.30. The second-order valence-electron chi connectivity index (χ2n) is 15.5. The van der Waals surface area contributed by atoms with Crippen LogP contribution in [0.4, 0.5) is 9.59 Å². The molecule has 0 saturated heterocycles. The molecule has 1 aliphatic rings. The van der Waals surface area contributed by atoms with Gasteiger partial charge >= 0.3 is 18.2 Å². The van der Waals surface area contributed by atoms with Crippen molar-refractivity contribution in [3.8, 4) is 11.8 Å². The number of hydrogen-bond donors (Lipinski definition) is 0. The topological polar surface area (TPSA) is 94.6 Å². The van der Waals surface area contributed by atoms with Gasteiger partial charge in [0, 0.05) is 45.7 Å². The first kappa shape index (κ1) is 40.7. The zero-order valence-corrected chi connectivity index (χ0v) is 32.5. The minimum atomic E-state index is -2.06. The van der Waals surface area contributed by atoms with E-state index in [1.54, 1.807) is 9.80 Å². The van der Waals surface area contributed by atoms with Crippen LogP contribution in [-0.2, 0) is 23.4 Å². The van der Waals surface area contributed by atoms with E-state index in [1.165, 1.54) is 7.11 Å². The second kappa shape index (κ2) is 17.6. The third-order valence-electron chi connectivity index (χ3n) is 8.32. The summed E-state index contributed by atoms with van der Waals surface area (Å²) in [6.45, 7) is 27.8. The van der Waals surface area contributed by atoms with E-state index in [0.29, 0.717) is 49.3 Å². The van der Waals surface area contributed by atoms with Crippen LogP contribution >= 0.6 is 0 Å². The molecule has 0 unspecified atom stereocenters. The first-order chi connectivity index (χ1) is 20.7. The van der Waals surface area contributed by atoms with Crippen molar-refractivity contribution >= 4 is 34.5 Å². The van der Waals surface area contributed by atoms with Gasteiger partial charge in [-0.25, -0.2) is 14.4 Å². The zero-order valence-electron chi connectivity index (χ0n) is 30.5. The molecule has 0 spiro atoms. The van der Waals surface area contributed by atoms with Crippen molar-refractivity contribution in [1.29, 1.82) is 0 Å². The molecule has 45 heavy (non-hydrogen) atoms. The lowest BCUT2D eigenvalue weighted by Gasteiger charge is -2.43. The van der Waals surface area contributed by atoms with Crippen LogP contribution < -0.4 is 0 Å². The summed E-state index contributed by atoms with van der Waals surface area (Å²) in [5.41, 5.74) is 0.180. The second-order valence-corrected chi connectivity index (χ2v) is 26.6. The molecule has 0 saturated carbocycles. The normalized spacial score (nSPS) is 17.3. The molecule has 11 heteroatoms. The summed E-state index contributed by atoms with van der Waals surface area (Å²) in [6, 6.07) is 0.836. The number of ether oxygens (including phenoxy) is 3. The van der Waals surface area contributed by atoms with E-state index in [4.69, 9.17) is 13.9 Å². The van der Waals surface area contributed by atoms with Gasteiger partial charge in [-0.3, -0.25) is 4.90 Å². The largest absolute Gasteiger partial charge is 0.459 e. The van der Waals surface area contributed by atoms with Crippen LogP contribution in [0, 0.1) is 17.3 Å². The third-order valence-corrected chi connectivity index (χ3v) is 16.1. The average molecular weight is 667 g/mol. The Balaban J connectivity index is 3.37. The van der Waals surface area contributed by atoms with E-state index in [0.717, 1.165) is 12.5 Å². The van der Waals surface area contributed by atoms with Crippen molar-refractivity contribution in [2.75, 3.05) is 46.5 Å². The van der Waals surface area contributed by atoms with Crippen molar-refractivity contribution in [3.63, 3.8) is 0 Å². The molecule has 0 aromatic rings. The number of nitrogens with zero attached hydrogens (tertiary/aromatic N) is 2. The van der Waals surface area contributed by atoms with E-state index in [9.17, 15) is 14.4 Å². The highest BCUT2D eigenvalue weighted by Gasteiger charge is 2.45. The van der Waals surface area contributed by atoms with Gasteiger partial charge in [-0.2, -0.15) is 0 Å². The molecule has 2 amide bonds. The summed E-state index contributed by atoms with van der Waals surface area (Å²) in [7, 11) is -2.22.